The van der Waals surface area contributed by atoms with Crippen LogP contribution in [0, 0.1) is 0 Å². The summed E-state index contributed by atoms with van der Waals surface area (Å²) in [6.07, 6.45) is 9.81. The SMILES string of the molecule is C[Si](C)=[Zr]([CH]1C=Cc2ccccc21)[CH]1C=Cc2ccccc21.Cl.Cl. The third-order valence-corrected chi connectivity index (χ3v) is 24.0. The fourth-order valence-electron chi connectivity index (χ4n) is 3.86. The van der Waals surface area contributed by atoms with Crippen molar-refractivity contribution in [3.8, 4) is 0 Å². The molecule has 0 saturated heterocycles. The van der Waals surface area contributed by atoms with Crippen molar-refractivity contribution in [3.05, 3.63) is 82.9 Å². The Bertz CT molecular complexity index is 772. The van der Waals surface area contributed by atoms with Gasteiger partial charge in [-0.2, -0.15) is 0 Å². The van der Waals surface area contributed by atoms with Gasteiger partial charge in [0.1, 0.15) is 0 Å². The fraction of sp³-hybridized carbons (Fsp3) is 0.200. The van der Waals surface area contributed by atoms with E-state index in [2.05, 4.69) is 85.9 Å². The van der Waals surface area contributed by atoms with Crippen molar-refractivity contribution in [3.63, 3.8) is 0 Å². The summed E-state index contributed by atoms with van der Waals surface area (Å²) in [4.78, 5) is 0. The molecule has 0 spiro atoms. The van der Waals surface area contributed by atoms with Gasteiger partial charge in [-0.15, -0.1) is 24.8 Å². The van der Waals surface area contributed by atoms with Gasteiger partial charge in [0.2, 0.25) is 0 Å². The molecule has 24 heavy (non-hydrogen) atoms. The summed E-state index contributed by atoms with van der Waals surface area (Å²) in [5.41, 5.74) is 5.92. The van der Waals surface area contributed by atoms with Gasteiger partial charge in [0.25, 0.3) is 0 Å². The molecule has 0 heterocycles. The monoisotopic (exact) mass is 450 g/mol. The minimum atomic E-state index is -1.65. The van der Waals surface area contributed by atoms with E-state index in [9.17, 15) is 0 Å². The summed E-state index contributed by atoms with van der Waals surface area (Å²) < 4.78 is 1.53. The summed E-state index contributed by atoms with van der Waals surface area (Å²) in [6.45, 7) is 5.12. The summed E-state index contributed by atoms with van der Waals surface area (Å²) in [5, 5.41) is 0. The standard InChI is InChI=1S/2C9H7.C2H6Si.2ClH.Zr/c2*1-2-5-9-7-3-6-8(9)4-1;1-3-2;;;/h2*1-7H;1-2H3;2*1H;. The minimum Gasteiger partial charge on any atom is -0.147 e. The molecule has 0 aliphatic heterocycles. The van der Waals surface area contributed by atoms with Crippen LogP contribution in [0.1, 0.15) is 29.5 Å². The summed E-state index contributed by atoms with van der Waals surface area (Å²) in [7, 11) is 0. The zero-order valence-electron chi connectivity index (χ0n) is 13.9. The van der Waals surface area contributed by atoms with Crippen LogP contribution in [-0.2, 0) is 20.4 Å². The van der Waals surface area contributed by atoms with E-state index in [1.54, 1.807) is 11.1 Å². The Hall–Kier alpha value is -0.400. The first-order chi connectivity index (χ1) is 10.8. The maximum Gasteiger partial charge on any atom is -0.147 e. The molecule has 0 aromatic heterocycles. The molecule has 2 aliphatic rings. The van der Waals surface area contributed by atoms with E-state index in [1.807, 2.05) is 0 Å². The van der Waals surface area contributed by atoms with Gasteiger partial charge in [0, 0.05) is 0 Å². The molecule has 2 aliphatic carbocycles. The number of hydrogen-bond donors (Lipinski definition) is 0. The van der Waals surface area contributed by atoms with Crippen molar-refractivity contribution in [2.45, 2.75) is 20.3 Å². The first-order valence-corrected chi connectivity index (χ1v) is 17.0. The number of hydrogen-bond acceptors (Lipinski definition) is 0. The molecule has 0 radical (unpaired) electrons. The van der Waals surface area contributed by atoms with Crippen molar-refractivity contribution in [1.82, 2.24) is 0 Å². The average molecular weight is 453 g/mol. The number of benzene rings is 2. The van der Waals surface area contributed by atoms with Crippen LogP contribution < -0.4 is 0 Å². The molecule has 2 unspecified atom stereocenters. The van der Waals surface area contributed by atoms with Crippen molar-refractivity contribution < 1.29 is 20.4 Å². The molecular formula is C20H22Cl2SiZr. The van der Waals surface area contributed by atoms with Crippen LogP contribution in [0.5, 0.6) is 0 Å². The van der Waals surface area contributed by atoms with Gasteiger partial charge in [0.15, 0.2) is 0 Å². The number of fused-ring (bicyclic) bond motifs is 2. The third kappa shape index (κ3) is 3.44. The maximum absolute atomic E-state index is 2.56. The van der Waals surface area contributed by atoms with Gasteiger partial charge in [-0.3, -0.25) is 0 Å². The van der Waals surface area contributed by atoms with E-state index in [0.717, 1.165) is 7.25 Å². The first-order valence-electron chi connectivity index (χ1n) is 7.97. The first kappa shape index (κ1) is 19.9. The Morgan fingerprint density at radius 1 is 0.708 bits per heavy atom. The third-order valence-electron chi connectivity index (χ3n) is 4.85. The molecule has 4 rings (SSSR count). The zero-order valence-corrected chi connectivity index (χ0v) is 19.0. The molecule has 2 aromatic rings. The van der Waals surface area contributed by atoms with Gasteiger partial charge < -0.3 is 0 Å². The summed E-state index contributed by atoms with van der Waals surface area (Å²) >= 11 is -1.65. The number of halogens is 2. The molecule has 0 nitrogen and oxygen atoms in total. The molecule has 0 fully saturated rings. The number of rotatable bonds is 2. The topological polar surface area (TPSA) is 0 Å². The van der Waals surface area contributed by atoms with Crippen LogP contribution in [0.3, 0.4) is 0 Å². The Morgan fingerprint density at radius 3 is 1.54 bits per heavy atom. The van der Waals surface area contributed by atoms with Crippen LogP contribution in [0.15, 0.2) is 60.7 Å². The van der Waals surface area contributed by atoms with Crippen LogP contribution in [0.4, 0.5) is 0 Å². The van der Waals surface area contributed by atoms with Crippen molar-refractivity contribution >= 4 is 42.4 Å². The Balaban J connectivity index is 0.00000104. The summed E-state index contributed by atoms with van der Waals surface area (Å²) in [5.74, 6) is 0. The van der Waals surface area contributed by atoms with E-state index in [-0.39, 0.29) is 30.2 Å². The van der Waals surface area contributed by atoms with E-state index >= 15 is 0 Å². The molecule has 2 atom stereocenters. The van der Waals surface area contributed by atoms with E-state index in [4.69, 9.17) is 0 Å². The Kier molecular flexibility index (Phi) is 6.90. The molecule has 0 amide bonds. The van der Waals surface area contributed by atoms with Crippen LogP contribution in [-0.4, -0.2) is 5.43 Å². The minimum absolute atomic E-state index is 0. The number of allylic oxidation sites excluding steroid dienone is 2. The Labute approximate surface area is 165 Å². The second kappa shape index (κ2) is 8.32. The molecule has 0 N–H and O–H groups in total. The van der Waals surface area contributed by atoms with Crippen molar-refractivity contribution in [2.75, 3.05) is 0 Å². The van der Waals surface area contributed by atoms with E-state index in [1.165, 1.54) is 11.1 Å². The van der Waals surface area contributed by atoms with Gasteiger partial charge in [-0.05, 0) is 0 Å². The average Bonchev–Trinajstić information content (AvgIpc) is 3.13. The normalized spacial score (nSPS) is 19.1. The molecule has 2 aromatic carbocycles. The van der Waals surface area contributed by atoms with Crippen LogP contribution in [0.25, 0.3) is 12.2 Å². The predicted molar refractivity (Wildman–Crippen MR) is 108 cm³/mol. The summed E-state index contributed by atoms with van der Waals surface area (Å²) in [6, 6.07) is 18.1. The predicted octanol–water partition coefficient (Wildman–Crippen LogP) is 6.24. The Morgan fingerprint density at radius 2 is 1.12 bits per heavy atom. The molecule has 0 bridgehead atoms. The van der Waals surface area contributed by atoms with E-state index in [0.29, 0.717) is 0 Å². The second-order valence-corrected chi connectivity index (χ2v) is 24.5. The maximum atomic E-state index is 2.56. The van der Waals surface area contributed by atoms with Gasteiger partial charge in [-0.1, -0.05) is 0 Å². The second-order valence-electron chi connectivity index (χ2n) is 6.39. The van der Waals surface area contributed by atoms with Gasteiger partial charge >= 0.3 is 141 Å². The molecule has 0 saturated carbocycles. The van der Waals surface area contributed by atoms with Crippen molar-refractivity contribution in [2.24, 2.45) is 0 Å². The van der Waals surface area contributed by atoms with Gasteiger partial charge in [0.05, 0.1) is 0 Å². The van der Waals surface area contributed by atoms with Crippen LogP contribution >= 0.6 is 24.8 Å². The molecule has 124 valence electrons. The van der Waals surface area contributed by atoms with Crippen LogP contribution in [0.2, 0.25) is 13.1 Å². The van der Waals surface area contributed by atoms with E-state index < -0.39 is 20.4 Å². The molecular weight excluding hydrogens is 430 g/mol. The quantitative estimate of drug-likeness (QED) is 0.474. The van der Waals surface area contributed by atoms with Gasteiger partial charge in [-0.25, -0.2) is 0 Å². The fourth-order valence-corrected chi connectivity index (χ4v) is 22.6. The largest absolute Gasteiger partial charge is 0.147 e. The van der Waals surface area contributed by atoms with Crippen molar-refractivity contribution in [1.29, 1.82) is 0 Å². The molecule has 4 heteroatoms. The zero-order chi connectivity index (χ0) is 15.1. The smallest absolute Gasteiger partial charge is 0.147 e.